The second-order valence-electron chi connectivity index (χ2n) is 4.41. The summed E-state index contributed by atoms with van der Waals surface area (Å²) >= 11 is 11.7. The van der Waals surface area contributed by atoms with Crippen molar-refractivity contribution in [3.8, 4) is 5.75 Å². The van der Waals surface area contributed by atoms with Crippen molar-refractivity contribution in [3.05, 3.63) is 52.5 Å². The molecular formula is C15H14Cl2N2O2. The molecular weight excluding hydrogens is 311 g/mol. The lowest BCUT2D eigenvalue weighted by molar-refractivity contribution is -0.120. The SMILES string of the molecule is CN(C(=O)COc1ccc(Cl)c(Cl)c1)c1ccc(N)cc1. The maximum absolute atomic E-state index is 12.1. The van der Waals surface area contributed by atoms with Crippen LogP contribution >= 0.6 is 23.2 Å². The fourth-order valence-electron chi connectivity index (χ4n) is 1.65. The fourth-order valence-corrected chi connectivity index (χ4v) is 1.94. The lowest BCUT2D eigenvalue weighted by atomic mass is 10.2. The number of anilines is 2. The molecule has 0 unspecified atom stereocenters. The van der Waals surface area contributed by atoms with E-state index in [1.807, 2.05) is 0 Å². The summed E-state index contributed by atoms with van der Waals surface area (Å²) in [4.78, 5) is 13.6. The Kier molecular flexibility index (Phi) is 4.94. The zero-order valence-electron chi connectivity index (χ0n) is 11.3. The molecule has 0 heterocycles. The van der Waals surface area contributed by atoms with Gasteiger partial charge in [0.25, 0.3) is 5.91 Å². The van der Waals surface area contributed by atoms with E-state index >= 15 is 0 Å². The molecule has 0 spiro atoms. The van der Waals surface area contributed by atoms with Gasteiger partial charge in [-0.3, -0.25) is 4.79 Å². The van der Waals surface area contributed by atoms with Crippen molar-refractivity contribution < 1.29 is 9.53 Å². The Labute approximate surface area is 133 Å². The van der Waals surface area contributed by atoms with Crippen LogP contribution in [0.15, 0.2) is 42.5 Å². The highest BCUT2D eigenvalue weighted by Crippen LogP contribution is 2.26. The summed E-state index contributed by atoms with van der Waals surface area (Å²) in [5, 5.41) is 0.822. The van der Waals surface area contributed by atoms with Crippen LogP contribution in [0.3, 0.4) is 0 Å². The smallest absolute Gasteiger partial charge is 0.264 e. The molecule has 0 aliphatic heterocycles. The lowest BCUT2D eigenvalue weighted by Gasteiger charge is -2.17. The van der Waals surface area contributed by atoms with Gasteiger partial charge in [0, 0.05) is 24.5 Å². The molecule has 2 aromatic carbocycles. The van der Waals surface area contributed by atoms with Crippen LogP contribution in [0.5, 0.6) is 5.75 Å². The van der Waals surface area contributed by atoms with Gasteiger partial charge in [0.15, 0.2) is 6.61 Å². The van der Waals surface area contributed by atoms with Crippen LogP contribution in [-0.2, 0) is 4.79 Å². The molecule has 4 nitrogen and oxygen atoms in total. The third-order valence-corrected chi connectivity index (χ3v) is 3.65. The Hall–Kier alpha value is -1.91. The number of amides is 1. The monoisotopic (exact) mass is 324 g/mol. The molecule has 0 saturated heterocycles. The molecule has 0 radical (unpaired) electrons. The standard InChI is InChI=1S/C15H14Cl2N2O2/c1-19(11-4-2-10(18)3-5-11)15(20)9-21-12-6-7-13(16)14(17)8-12/h2-8H,9,18H2,1H3. The zero-order valence-corrected chi connectivity index (χ0v) is 12.9. The van der Waals surface area contributed by atoms with Crippen molar-refractivity contribution in [1.29, 1.82) is 0 Å². The molecule has 0 bridgehead atoms. The number of likely N-dealkylation sites (N-methyl/N-ethyl adjacent to an activating group) is 1. The molecule has 0 atom stereocenters. The van der Waals surface area contributed by atoms with Crippen LogP contribution in [0, 0.1) is 0 Å². The van der Waals surface area contributed by atoms with Crippen molar-refractivity contribution in [2.75, 3.05) is 24.3 Å². The number of nitrogens with zero attached hydrogens (tertiary/aromatic N) is 1. The number of carbonyl (C=O) groups excluding carboxylic acids is 1. The average Bonchev–Trinajstić information content (AvgIpc) is 2.48. The average molecular weight is 325 g/mol. The van der Waals surface area contributed by atoms with Crippen LogP contribution in [0.4, 0.5) is 11.4 Å². The normalized spacial score (nSPS) is 10.2. The van der Waals surface area contributed by atoms with Crippen LogP contribution < -0.4 is 15.4 Å². The predicted octanol–water partition coefficient (Wildman–Crippen LogP) is 3.62. The summed E-state index contributed by atoms with van der Waals surface area (Å²) in [6, 6.07) is 11.9. The van der Waals surface area contributed by atoms with E-state index in [2.05, 4.69) is 0 Å². The molecule has 0 aliphatic rings. The number of benzene rings is 2. The molecule has 2 rings (SSSR count). The van der Waals surface area contributed by atoms with Crippen molar-refractivity contribution in [3.63, 3.8) is 0 Å². The molecule has 21 heavy (non-hydrogen) atoms. The molecule has 0 fully saturated rings. The molecule has 0 saturated carbocycles. The molecule has 2 N–H and O–H groups in total. The summed E-state index contributed by atoms with van der Waals surface area (Å²) in [6.45, 7) is -0.0984. The highest BCUT2D eigenvalue weighted by atomic mass is 35.5. The van der Waals surface area contributed by atoms with Crippen molar-refractivity contribution in [1.82, 2.24) is 0 Å². The Balaban J connectivity index is 1.97. The van der Waals surface area contributed by atoms with E-state index in [4.69, 9.17) is 33.7 Å². The topological polar surface area (TPSA) is 55.6 Å². The second-order valence-corrected chi connectivity index (χ2v) is 5.22. The molecule has 1 amide bonds. The number of halogens is 2. The number of carbonyl (C=O) groups is 1. The van der Waals surface area contributed by atoms with Gasteiger partial charge in [-0.15, -0.1) is 0 Å². The maximum atomic E-state index is 12.1. The van der Waals surface area contributed by atoms with E-state index in [-0.39, 0.29) is 12.5 Å². The van der Waals surface area contributed by atoms with E-state index < -0.39 is 0 Å². The number of rotatable bonds is 4. The van der Waals surface area contributed by atoms with E-state index in [1.54, 1.807) is 49.5 Å². The minimum absolute atomic E-state index is 0.0984. The number of nitrogen functional groups attached to an aromatic ring is 1. The van der Waals surface area contributed by atoms with Gasteiger partial charge in [-0.05, 0) is 36.4 Å². The summed E-state index contributed by atoms with van der Waals surface area (Å²) < 4.78 is 5.41. The highest BCUT2D eigenvalue weighted by molar-refractivity contribution is 6.42. The Bertz CT molecular complexity index is 645. The maximum Gasteiger partial charge on any atom is 0.264 e. The van der Waals surface area contributed by atoms with Gasteiger partial charge in [0.05, 0.1) is 10.0 Å². The van der Waals surface area contributed by atoms with E-state index in [9.17, 15) is 4.79 Å². The van der Waals surface area contributed by atoms with Gasteiger partial charge in [-0.2, -0.15) is 0 Å². The number of hydrogen-bond donors (Lipinski definition) is 1. The summed E-state index contributed by atoms with van der Waals surface area (Å²) in [5.74, 6) is 0.300. The summed E-state index contributed by atoms with van der Waals surface area (Å²) in [6.07, 6.45) is 0. The first-order valence-electron chi connectivity index (χ1n) is 6.17. The first-order valence-corrected chi connectivity index (χ1v) is 6.93. The molecule has 2 aromatic rings. The van der Waals surface area contributed by atoms with Gasteiger partial charge < -0.3 is 15.4 Å². The fraction of sp³-hybridized carbons (Fsp3) is 0.133. The van der Waals surface area contributed by atoms with Crippen LogP contribution in [-0.4, -0.2) is 19.6 Å². The lowest BCUT2D eigenvalue weighted by Crippen LogP contribution is -2.31. The number of nitrogens with two attached hydrogens (primary N) is 1. The number of ether oxygens (including phenoxy) is 1. The van der Waals surface area contributed by atoms with E-state index in [0.717, 1.165) is 5.69 Å². The summed E-state index contributed by atoms with van der Waals surface area (Å²) in [5.41, 5.74) is 7.00. The molecule has 110 valence electrons. The Morgan fingerprint density at radius 1 is 1.14 bits per heavy atom. The van der Waals surface area contributed by atoms with E-state index in [0.29, 0.717) is 21.5 Å². The first kappa shape index (κ1) is 15.5. The summed E-state index contributed by atoms with van der Waals surface area (Å²) in [7, 11) is 1.67. The minimum atomic E-state index is -0.189. The van der Waals surface area contributed by atoms with Gasteiger partial charge in [0.2, 0.25) is 0 Å². The predicted molar refractivity (Wildman–Crippen MR) is 86.2 cm³/mol. The van der Waals surface area contributed by atoms with Crippen LogP contribution in [0.25, 0.3) is 0 Å². The van der Waals surface area contributed by atoms with Gasteiger partial charge in [-0.1, -0.05) is 23.2 Å². The van der Waals surface area contributed by atoms with Crippen LogP contribution in [0.1, 0.15) is 0 Å². The van der Waals surface area contributed by atoms with Gasteiger partial charge in [0.1, 0.15) is 5.75 Å². The molecule has 0 aromatic heterocycles. The van der Waals surface area contributed by atoms with Gasteiger partial charge >= 0.3 is 0 Å². The van der Waals surface area contributed by atoms with Crippen LogP contribution in [0.2, 0.25) is 10.0 Å². The minimum Gasteiger partial charge on any atom is -0.484 e. The number of hydrogen-bond acceptors (Lipinski definition) is 3. The van der Waals surface area contributed by atoms with Crippen molar-refractivity contribution in [2.45, 2.75) is 0 Å². The first-order chi connectivity index (χ1) is 9.97. The third kappa shape index (κ3) is 4.03. The highest BCUT2D eigenvalue weighted by Gasteiger charge is 2.12. The second kappa shape index (κ2) is 6.70. The van der Waals surface area contributed by atoms with Crippen molar-refractivity contribution >= 4 is 40.5 Å². The quantitative estimate of drug-likeness (QED) is 0.874. The van der Waals surface area contributed by atoms with Gasteiger partial charge in [-0.25, -0.2) is 0 Å². The van der Waals surface area contributed by atoms with Crippen molar-refractivity contribution in [2.24, 2.45) is 0 Å². The third-order valence-electron chi connectivity index (χ3n) is 2.91. The van der Waals surface area contributed by atoms with E-state index in [1.165, 1.54) is 4.90 Å². The Morgan fingerprint density at radius 2 is 1.81 bits per heavy atom. The molecule has 0 aliphatic carbocycles. The Morgan fingerprint density at radius 3 is 2.43 bits per heavy atom. The zero-order chi connectivity index (χ0) is 15.4. The molecule has 6 heteroatoms. The largest absolute Gasteiger partial charge is 0.484 e.